The standard InChI is InChI=1S/C13H13Cl2N3/c1-18(8-9-3-2-4-10(14)7-9)13-11(16)5-6-12(15)17-13/h2-7H,8,16H2,1H3. The summed E-state index contributed by atoms with van der Waals surface area (Å²) >= 11 is 11.8. The first-order chi connectivity index (χ1) is 8.56. The summed E-state index contributed by atoms with van der Waals surface area (Å²) in [5, 5.41) is 1.14. The van der Waals surface area contributed by atoms with Crippen LogP contribution in [-0.2, 0) is 6.54 Å². The molecule has 18 heavy (non-hydrogen) atoms. The molecule has 0 saturated heterocycles. The van der Waals surface area contributed by atoms with E-state index in [1.54, 1.807) is 12.1 Å². The van der Waals surface area contributed by atoms with E-state index in [1.807, 2.05) is 36.2 Å². The molecule has 0 unspecified atom stereocenters. The maximum atomic E-state index is 5.95. The minimum atomic E-state index is 0.428. The summed E-state index contributed by atoms with van der Waals surface area (Å²) in [5.41, 5.74) is 7.57. The van der Waals surface area contributed by atoms with Gasteiger partial charge in [0.25, 0.3) is 0 Å². The van der Waals surface area contributed by atoms with Crippen molar-refractivity contribution in [2.24, 2.45) is 0 Å². The quantitative estimate of drug-likeness (QED) is 0.874. The third-order valence-electron chi connectivity index (χ3n) is 2.54. The van der Waals surface area contributed by atoms with Crippen LogP contribution in [0.5, 0.6) is 0 Å². The van der Waals surface area contributed by atoms with Crippen LogP contribution in [0.3, 0.4) is 0 Å². The Morgan fingerprint density at radius 3 is 2.72 bits per heavy atom. The van der Waals surface area contributed by atoms with Crippen LogP contribution in [0.4, 0.5) is 11.5 Å². The number of rotatable bonds is 3. The van der Waals surface area contributed by atoms with Gasteiger partial charge in [0, 0.05) is 18.6 Å². The van der Waals surface area contributed by atoms with Gasteiger partial charge in [-0.2, -0.15) is 0 Å². The smallest absolute Gasteiger partial charge is 0.153 e. The summed E-state index contributed by atoms with van der Waals surface area (Å²) in [7, 11) is 1.91. The summed E-state index contributed by atoms with van der Waals surface area (Å²) in [6.45, 7) is 0.665. The second-order valence-corrected chi connectivity index (χ2v) is 4.86. The number of halogens is 2. The summed E-state index contributed by atoms with van der Waals surface area (Å²) in [6, 6.07) is 11.1. The lowest BCUT2D eigenvalue weighted by Crippen LogP contribution is -2.19. The Bertz CT molecular complexity index is 558. The summed E-state index contributed by atoms with van der Waals surface area (Å²) < 4.78 is 0. The van der Waals surface area contributed by atoms with E-state index < -0.39 is 0 Å². The fraction of sp³-hybridized carbons (Fsp3) is 0.154. The van der Waals surface area contributed by atoms with E-state index in [4.69, 9.17) is 28.9 Å². The van der Waals surface area contributed by atoms with Crippen LogP contribution >= 0.6 is 23.2 Å². The van der Waals surface area contributed by atoms with Gasteiger partial charge in [-0.05, 0) is 29.8 Å². The van der Waals surface area contributed by atoms with Crippen LogP contribution in [0.1, 0.15) is 5.56 Å². The normalized spacial score (nSPS) is 10.4. The average molecular weight is 282 g/mol. The number of hydrogen-bond acceptors (Lipinski definition) is 3. The Balaban J connectivity index is 2.21. The number of nitrogens with zero attached hydrogens (tertiary/aromatic N) is 2. The molecule has 0 fully saturated rings. The number of aromatic nitrogens is 1. The molecule has 0 atom stereocenters. The second-order valence-electron chi connectivity index (χ2n) is 4.03. The maximum absolute atomic E-state index is 5.95. The number of nitrogen functional groups attached to an aromatic ring is 1. The molecule has 0 aliphatic carbocycles. The lowest BCUT2D eigenvalue weighted by atomic mass is 10.2. The van der Waals surface area contributed by atoms with Crippen molar-refractivity contribution < 1.29 is 0 Å². The maximum Gasteiger partial charge on any atom is 0.153 e. The lowest BCUT2D eigenvalue weighted by Gasteiger charge is -2.20. The van der Waals surface area contributed by atoms with Crippen molar-refractivity contribution in [3.8, 4) is 0 Å². The minimum Gasteiger partial charge on any atom is -0.396 e. The molecule has 3 nitrogen and oxygen atoms in total. The van der Waals surface area contributed by atoms with Gasteiger partial charge in [0.05, 0.1) is 5.69 Å². The Morgan fingerprint density at radius 2 is 2.00 bits per heavy atom. The predicted molar refractivity (Wildman–Crippen MR) is 77.2 cm³/mol. The van der Waals surface area contributed by atoms with Gasteiger partial charge in [-0.1, -0.05) is 35.3 Å². The van der Waals surface area contributed by atoms with Crippen molar-refractivity contribution in [2.75, 3.05) is 17.7 Å². The summed E-state index contributed by atoms with van der Waals surface area (Å²) in [6.07, 6.45) is 0. The molecule has 0 aliphatic rings. The van der Waals surface area contributed by atoms with Gasteiger partial charge >= 0.3 is 0 Å². The van der Waals surface area contributed by atoms with E-state index in [1.165, 1.54) is 0 Å². The highest BCUT2D eigenvalue weighted by atomic mass is 35.5. The van der Waals surface area contributed by atoms with Crippen molar-refractivity contribution in [1.29, 1.82) is 0 Å². The van der Waals surface area contributed by atoms with Crippen molar-refractivity contribution in [3.63, 3.8) is 0 Å². The molecule has 2 rings (SSSR count). The van der Waals surface area contributed by atoms with Crippen LogP contribution in [0, 0.1) is 0 Å². The molecule has 5 heteroatoms. The zero-order valence-electron chi connectivity index (χ0n) is 9.90. The molecule has 0 spiro atoms. The van der Waals surface area contributed by atoms with Gasteiger partial charge in [0.1, 0.15) is 5.15 Å². The molecule has 0 radical (unpaired) electrons. The van der Waals surface area contributed by atoms with Gasteiger partial charge in [-0.25, -0.2) is 4.98 Å². The zero-order chi connectivity index (χ0) is 13.1. The number of benzene rings is 1. The summed E-state index contributed by atoms with van der Waals surface area (Å²) in [4.78, 5) is 6.16. The molecule has 1 aromatic heterocycles. The van der Waals surface area contributed by atoms with Crippen LogP contribution in [-0.4, -0.2) is 12.0 Å². The van der Waals surface area contributed by atoms with Crippen molar-refractivity contribution in [1.82, 2.24) is 4.98 Å². The Morgan fingerprint density at radius 1 is 1.22 bits per heavy atom. The third kappa shape index (κ3) is 3.06. The van der Waals surface area contributed by atoms with Crippen LogP contribution < -0.4 is 10.6 Å². The highest BCUT2D eigenvalue weighted by Crippen LogP contribution is 2.23. The molecule has 0 aliphatic heterocycles. The topological polar surface area (TPSA) is 42.2 Å². The first kappa shape index (κ1) is 13.0. The van der Waals surface area contributed by atoms with Crippen molar-refractivity contribution in [3.05, 3.63) is 52.1 Å². The molecule has 2 N–H and O–H groups in total. The SMILES string of the molecule is CN(Cc1cccc(Cl)c1)c1nc(Cl)ccc1N. The van der Waals surface area contributed by atoms with E-state index in [0.717, 1.165) is 5.56 Å². The largest absolute Gasteiger partial charge is 0.396 e. The van der Waals surface area contributed by atoms with E-state index in [2.05, 4.69) is 4.98 Å². The number of nitrogens with two attached hydrogens (primary N) is 1. The van der Waals surface area contributed by atoms with E-state index >= 15 is 0 Å². The first-order valence-electron chi connectivity index (χ1n) is 5.44. The Labute approximate surface area is 116 Å². The Kier molecular flexibility index (Phi) is 3.94. The lowest BCUT2D eigenvalue weighted by molar-refractivity contribution is 0.900. The van der Waals surface area contributed by atoms with E-state index in [-0.39, 0.29) is 0 Å². The zero-order valence-corrected chi connectivity index (χ0v) is 11.4. The fourth-order valence-electron chi connectivity index (χ4n) is 1.73. The van der Waals surface area contributed by atoms with Gasteiger partial charge in [0.2, 0.25) is 0 Å². The molecule has 2 aromatic rings. The van der Waals surface area contributed by atoms with E-state index in [9.17, 15) is 0 Å². The van der Waals surface area contributed by atoms with Crippen LogP contribution in [0.25, 0.3) is 0 Å². The monoisotopic (exact) mass is 281 g/mol. The molecular formula is C13H13Cl2N3. The molecule has 1 heterocycles. The minimum absolute atomic E-state index is 0.428. The van der Waals surface area contributed by atoms with Gasteiger partial charge < -0.3 is 10.6 Å². The van der Waals surface area contributed by atoms with Crippen molar-refractivity contribution >= 4 is 34.7 Å². The molecule has 0 amide bonds. The fourth-order valence-corrected chi connectivity index (χ4v) is 2.08. The number of anilines is 2. The molecule has 0 bridgehead atoms. The molecule has 0 saturated carbocycles. The number of hydrogen-bond donors (Lipinski definition) is 1. The van der Waals surface area contributed by atoms with Crippen LogP contribution in [0.15, 0.2) is 36.4 Å². The molecular weight excluding hydrogens is 269 g/mol. The van der Waals surface area contributed by atoms with Gasteiger partial charge in [0.15, 0.2) is 5.82 Å². The summed E-state index contributed by atoms with van der Waals surface area (Å²) in [5.74, 6) is 0.669. The highest BCUT2D eigenvalue weighted by molar-refractivity contribution is 6.30. The average Bonchev–Trinajstić information content (AvgIpc) is 2.32. The Hall–Kier alpha value is -1.45. The van der Waals surface area contributed by atoms with E-state index in [0.29, 0.717) is 28.2 Å². The second kappa shape index (κ2) is 5.46. The van der Waals surface area contributed by atoms with Gasteiger partial charge in [-0.15, -0.1) is 0 Å². The van der Waals surface area contributed by atoms with Gasteiger partial charge in [-0.3, -0.25) is 0 Å². The van der Waals surface area contributed by atoms with Crippen LogP contribution in [0.2, 0.25) is 10.2 Å². The molecule has 1 aromatic carbocycles. The van der Waals surface area contributed by atoms with Crippen molar-refractivity contribution in [2.45, 2.75) is 6.54 Å². The first-order valence-corrected chi connectivity index (χ1v) is 6.19. The third-order valence-corrected chi connectivity index (χ3v) is 2.99. The predicted octanol–water partition coefficient (Wildman–Crippen LogP) is 3.61. The number of pyridine rings is 1. The molecule has 94 valence electrons. The highest BCUT2D eigenvalue weighted by Gasteiger charge is 2.08.